The molecular formula is C19H21FN4S2. The molecular weight excluding hydrogens is 367 g/mol. The van der Waals surface area contributed by atoms with Crippen LogP contribution in [-0.2, 0) is 13.2 Å². The van der Waals surface area contributed by atoms with E-state index >= 15 is 0 Å². The number of aromatic nitrogens is 2. The van der Waals surface area contributed by atoms with Crippen molar-refractivity contribution < 1.29 is 4.39 Å². The van der Waals surface area contributed by atoms with E-state index < -0.39 is 0 Å². The number of anilines is 2. The smallest absolute Gasteiger partial charge is 0.209 e. The minimum atomic E-state index is -0.221. The van der Waals surface area contributed by atoms with Gasteiger partial charge in [0.2, 0.25) is 5.13 Å². The van der Waals surface area contributed by atoms with Crippen LogP contribution in [0.4, 0.5) is 15.2 Å². The van der Waals surface area contributed by atoms with Crippen molar-refractivity contribution in [2.24, 2.45) is 0 Å². The van der Waals surface area contributed by atoms with Gasteiger partial charge in [0.15, 0.2) is 3.95 Å². The van der Waals surface area contributed by atoms with Crippen LogP contribution in [0.25, 0.3) is 0 Å². The summed E-state index contributed by atoms with van der Waals surface area (Å²) in [5.74, 6) is -0.221. The van der Waals surface area contributed by atoms with Crippen LogP contribution in [0.15, 0.2) is 42.5 Å². The second-order valence-corrected chi connectivity index (χ2v) is 8.00. The Hall–Kier alpha value is -2.09. The van der Waals surface area contributed by atoms with Crippen molar-refractivity contribution in [2.45, 2.75) is 27.1 Å². The van der Waals surface area contributed by atoms with E-state index in [4.69, 9.17) is 12.2 Å². The minimum Gasteiger partial charge on any atom is -0.330 e. The first kappa shape index (κ1) is 18.7. The van der Waals surface area contributed by atoms with Crippen LogP contribution in [0.1, 0.15) is 16.7 Å². The summed E-state index contributed by atoms with van der Waals surface area (Å²) in [5, 5.41) is 8.64. The number of benzene rings is 2. The highest BCUT2D eigenvalue weighted by Gasteiger charge is 2.08. The molecule has 7 heteroatoms. The third kappa shape index (κ3) is 4.75. The van der Waals surface area contributed by atoms with Crippen LogP contribution >= 0.6 is 23.6 Å². The zero-order valence-corrected chi connectivity index (χ0v) is 16.6. The Kier molecular flexibility index (Phi) is 5.80. The van der Waals surface area contributed by atoms with Gasteiger partial charge in [0, 0.05) is 12.2 Å². The molecule has 1 N–H and O–H groups in total. The fourth-order valence-electron chi connectivity index (χ4n) is 2.61. The molecule has 136 valence electrons. The molecule has 0 fully saturated rings. The van der Waals surface area contributed by atoms with Gasteiger partial charge in [-0.2, -0.15) is 0 Å². The van der Waals surface area contributed by atoms with E-state index in [9.17, 15) is 4.39 Å². The van der Waals surface area contributed by atoms with Gasteiger partial charge < -0.3 is 5.32 Å². The number of aryl methyl sites for hydroxylation is 2. The number of rotatable bonds is 6. The lowest BCUT2D eigenvalue weighted by Crippen LogP contribution is -2.22. The van der Waals surface area contributed by atoms with Crippen LogP contribution in [0.2, 0.25) is 0 Å². The first-order chi connectivity index (χ1) is 12.4. The number of nitrogens with one attached hydrogen (secondary N) is 1. The highest BCUT2D eigenvalue weighted by Crippen LogP contribution is 2.22. The maximum absolute atomic E-state index is 13.3. The quantitative estimate of drug-likeness (QED) is 0.584. The molecule has 1 heterocycles. The maximum Gasteiger partial charge on any atom is 0.209 e. The molecule has 26 heavy (non-hydrogen) atoms. The summed E-state index contributed by atoms with van der Waals surface area (Å²) in [4.78, 5) is 2.05. The average molecular weight is 389 g/mol. The minimum absolute atomic E-state index is 0.221. The van der Waals surface area contributed by atoms with Gasteiger partial charge in [-0.15, -0.1) is 5.10 Å². The van der Waals surface area contributed by atoms with Gasteiger partial charge in [0.1, 0.15) is 5.82 Å². The molecule has 0 radical (unpaired) electrons. The van der Waals surface area contributed by atoms with Crippen LogP contribution in [0, 0.1) is 23.6 Å². The van der Waals surface area contributed by atoms with E-state index in [0.717, 1.165) is 16.4 Å². The van der Waals surface area contributed by atoms with Crippen molar-refractivity contribution in [2.75, 3.05) is 12.4 Å². The molecule has 0 saturated heterocycles. The number of hydrogen-bond acceptors (Lipinski definition) is 5. The van der Waals surface area contributed by atoms with E-state index in [1.54, 1.807) is 16.8 Å². The van der Waals surface area contributed by atoms with Crippen LogP contribution in [-0.4, -0.2) is 21.7 Å². The van der Waals surface area contributed by atoms with E-state index in [0.29, 0.717) is 17.2 Å². The highest BCUT2D eigenvalue weighted by atomic mass is 32.1. The molecule has 0 unspecified atom stereocenters. The zero-order chi connectivity index (χ0) is 18.7. The molecule has 2 aromatic carbocycles. The summed E-state index contributed by atoms with van der Waals surface area (Å²) in [6, 6.07) is 12.8. The van der Waals surface area contributed by atoms with Gasteiger partial charge in [-0.1, -0.05) is 29.5 Å². The lowest BCUT2D eigenvalue weighted by molar-refractivity contribution is 0.245. The normalized spacial score (nSPS) is 11.1. The van der Waals surface area contributed by atoms with Gasteiger partial charge in [-0.25, -0.2) is 9.07 Å². The lowest BCUT2D eigenvalue weighted by Gasteiger charge is -2.16. The fraction of sp³-hybridized carbons (Fsp3) is 0.263. The van der Waals surface area contributed by atoms with Crippen molar-refractivity contribution in [1.29, 1.82) is 0 Å². The summed E-state index contributed by atoms with van der Waals surface area (Å²) >= 11 is 6.87. The Morgan fingerprint density at radius 2 is 2.00 bits per heavy atom. The molecule has 1 aromatic heterocycles. The van der Waals surface area contributed by atoms with Crippen molar-refractivity contribution in [3.05, 3.63) is 68.9 Å². The van der Waals surface area contributed by atoms with Crippen LogP contribution in [0.5, 0.6) is 0 Å². The van der Waals surface area contributed by atoms with Gasteiger partial charge in [-0.3, -0.25) is 4.90 Å². The van der Waals surface area contributed by atoms with Gasteiger partial charge in [-0.05, 0) is 74.1 Å². The summed E-state index contributed by atoms with van der Waals surface area (Å²) in [6.45, 7) is 5.34. The lowest BCUT2D eigenvalue weighted by atomic mass is 10.1. The second-order valence-electron chi connectivity index (χ2n) is 6.38. The highest BCUT2D eigenvalue weighted by molar-refractivity contribution is 7.73. The van der Waals surface area contributed by atoms with Gasteiger partial charge in [0.05, 0.1) is 6.67 Å². The molecule has 0 aliphatic heterocycles. The van der Waals surface area contributed by atoms with E-state index in [1.165, 1.54) is 28.5 Å². The Morgan fingerprint density at radius 3 is 2.73 bits per heavy atom. The molecule has 0 aliphatic rings. The maximum atomic E-state index is 13.3. The molecule has 3 rings (SSSR count). The van der Waals surface area contributed by atoms with Crippen molar-refractivity contribution in [1.82, 2.24) is 14.7 Å². The van der Waals surface area contributed by atoms with Crippen molar-refractivity contribution in [3.63, 3.8) is 0 Å². The molecule has 0 amide bonds. The Morgan fingerprint density at radius 1 is 1.19 bits per heavy atom. The first-order valence-electron chi connectivity index (χ1n) is 8.26. The van der Waals surface area contributed by atoms with Crippen LogP contribution < -0.4 is 5.32 Å². The Bertz CT molecular complexity index is 964. The molecule has 0 atom stereocenters. The Balaban J connectivity index is 1.67. The van der Waals surface area contributed by atoms with E-state index in [1.807, 2.05) is 24.1 Å². The summed E-state index contributed by atoms with van der Waals surface area (Å²) in [7, 11) is 1.96. The van der Waals surface area contributed by atoms with Crippen molar-refractivity contribution >= 4 is 34.4 Å². The van der Waals surface area contributed by atoms with Crippen molar-refractivity contribution in [3.8, 4) is 0 Å². The van der Waals surface area contributed by atoms with E-state index in [-0.39, 0.29) is 5.82 Å². The van der Waals surface area contributed by atoms with E-state index in [2.05, 4.69) is 36.4 Å². The fourth-order valence-corrected chi connectivity index (χ4v) is 3.63. The standard InChI is InChI=1S/C19H21FN4S2/c1-13-7-8-17(9-14(13)2)21-18-22-24(19(25)26-18)12-23(3)11-15-5-4-6-16(20)10-15/h4-10H,11-12H2,1-3H3,(H,21,22). The third-order valence-corrected chi connectivity index (χ3v) is 5.30. The average Bonchev–Trinajstić information content (AvgIpc) is 2.90. The predicted molar refractivity (Wildman–Crippen MR) is 108 cm³/mol. The van der Waals surface area contributed by atoms with Gasteiger partial charge in [0.25, 0.3) is 0 Å². The predicted octanol–water partition coefficient (Wildman–Crippen LogP) is 5.26. The summed E-state index contributed by atoms with van der Waals surface area (Å²) in [5.41, 5.74) is 4.40. The Labute approximate surface area is 161 Å². The second kappa shape index (κ2) is 8.07. The molecule has 3 aromatic rings. The molecule has 0 bridgehead atoms. The number of hydrogen-bond donors (Lipinski definition) is 1. The summed E-state index contributed by atoms with van der Waals surface area (Å²) < 4.78 is 15.8. The van der Waals surface area contributed by atoms with Crippen LogP contribution in [0.3, 0.4) is 0 Å². The third-order valence-electron chi connectivity index (χ3n) is 4.08. The van der Waals surface area contributed by atoms with Gasteiger partial charge >= 0.3 is 0 Å². The largest absolute Gasteiger partial charge is 0.330 e. The zero-order valence-electron chi connectivity index (χ0n) is 15.0. The SMILES string of the molecule is Cc1ccc(Nc2nn(CN(C)Cc3cccc(F)c3)c(=S)s2)cc1C. The monoisotopic (exact) mass is 388 g/mol. The molecule has 0 spiro atoms. The topological polar surface area (TPSA) is 33.1 Å². The first-order valence-corrected chi connectivity index (χ1v) is 9.48. The molecule has 0 saturated carbocycles. The molecule has 0 aliphatic carbocycles. The number of nitrogens with zero attached hydrogens (tertiary/aromatic N) is 3. The molecule has 4 nitrogen and oxygen atoms in total. The summed E-state index contributed by atoms with van der Waals surface area (Å²) in [6.07, 6.45) is 0. The number of halogens is 1.